The van der Waals surface area contributed by atoms with Crippen molar-refractivity contribution in [1.29, 1.82) is 0 Å². The lowest BCUT2D eigenvalue weighted by Crippen LogP contribution is -2.46. The number of rotatable bonds is 5. The first-order valence-corrected chi connectivity index (χ1v) is 8.35. The number of hydrogen-bond donors (Lipinski definition) is 2. The fourth-order valence-electron chi connectivity index (χ4n) is 3.43. The lowest BCUT2D eigenvalue weighted by molar-refractivity contribution is -0.125. The van der Waals surface area contributed by atoms with Crippen molar-refractivity contribution in [2.75, 3.05) is 0 Å². The third-order valence-corrected chi connectivity index (χ3v) is 4.72. The monoisotopic (exact) mass is 325 g/mol. The van der Waals surface area contributed by atoms with E-state index >= 15 is 0 Å². The van der Waals surface area contributed by atoms with Crippen LogP contribution in [0.25, 0.3) is 10.9 Å². The quantitative estimate of drug-likeness (QED) is 0.827. The van der Waals surface area contributed by atoms with Gasteiger partial charge in [0, 0.05) is 30.2 Å². The topological polar surface area (TPSA) is 77.1 Å². The van der Waals surface area contributed by atoms with Gasteiger partial charge in [-0.25, -0.2) is 0 Å². The molecule has 5 heteroatoms. The molecule has 0 fully saturated rings. The summed E-state index contributed by atoms with van der Waals surface area (Å²) in [4.78, 5) is 23.8. The van der Waals surface area contributed by atoms with Gasteiger partial charge in [0.05, 0.1) is 5.92 Å². The molecular weight excluding hydrogens is 302 g/mol. The molecule has 1 aliphatic rings. The molecule has 0 spiro atoms. The molecule has 3 N–H and O–H groups in total. The Kier molecular flexibility index (Phi) is 4.69. The van der Waals surface area contributed by atoms with Gasteiger partial charge in [-0.2, -0.15) is 0 Å². The number of hydrogen-bond acceptors (Lipinski definition) is 2. The Hall–Kier alpha value is -2.56. The summed E-state index contributed by atoms with van der Waals surface area (Å²) in [5, 5.41) is 4.16. The zero-order chi connectivity index (χ0) is 17.1. The summed E-state index contributed by atoms with van der Waals surface area (Å²) in [5.41, 5.74) is 7.71. The molecule has 1 aliphatic carbocycles. The molecule has 2 atom stereocenters. The first-order chi connectivity index (χ1) is 11.6. The number of nitrogens with two attached hydrogens (primary N) is 1. The van der Waals surface area contributed by atoms with Crippen molar-refractivity contribution in [3.63, 3.8) is 0 Å². The van der Waals surface area contributed by atoms with Crippen LogP contribution >= 0.6 is 0 Å². The number of carbonyl (C=O) groups excluding carboxylic acids is 2. The van der Waals surface area contributed by atoms with Crippen molar-refractivity contribution in [1.82, 2.24) is 9.88 Å². The summed E-state index contributed by atoms with van der Waals surface area (Å²) < 4.78 is 2.15. The maximum Gasteiger partial charge on any atom is 0.222 e. The number of aryl methyl sites for hydroxylation is 2. The Bertz CT molecular complexity index is 791. The lowest BCUT2D eigenvalue weighted by Gasteiger charge is -2.27. The van der Waals surface area contributed by atoms with Crippen molar-refractivity contribution in [3.8, 4) is 0 Å². The minimum atomic E-state index is -0.350. The van der Waals surface area contributed by atoms with Gasteiger partial charge in [-0.3, -0.25) is 9.59 Å². The normalized spacial score (nSPS) is 20.2. The van der Waals surface area contributed by atoms with Crippen molar-refractivity contribution in [2.24, 2.45) is 11.7 Å². The minimum absolute atomic E-state index is 0.0428. The summed E-state index contributed by atoms with van der Waals surface area (Å²) in [5.74, 6) is -0.705. The van der Waals surface area contributed by atoms with E-state index in [-0.39, 0.29) is 23.8 Å². The van der Waals surface area contributed by atoms with Crippen molar-refractivity contribution in [2.45, 2.75) is 38.8 Å². The number of carbonyl (C=O) groups is 2. The molecule has 0 saturated heterocycles. The highest BCUT2D eigenvalue weighted by molar-refractivity contribution is 5.82. The van der Waals surface area contributed by atoms with Gasteiger partial charge in [-0.1, -0.05) is 30.4 Å². The zero-order valence-electron chi connectivity index (χ0n) is 13.9. The third-order valence-electron chi connectivity index (χ3n) is 4.72. The first kappa shape index (κ1) is 16.3. The highest BCUT2D eigenvalue weighted by Crippen LogP contribution is 2.21. The number of nitrogens with one attached hydrogen (secondary N) is 1. The molecule has 1 aromatic carbocycles. The second kappa shape index (κ2) is 6.91. The van der Waals surface area contributed by atoms with Gasteiger partial charge in [0.1, 0.15) is 0 Å². The number of fused-ring (bicyclic) bond motifs is 1. The highest BCUT2D eigenvalue weighted by Gasteiger charge is 2.28. The smallest absolute Gasteiger partial charge is 0.222 e. The van der Waals surface area contributed by atoms with Crippen LogP contribution in [0.5, 0.6) is 0 Å². The van der Waals surface area contributed by atoms with Crippen LogP contribution in [0.3, 0.4) is 0 Å². The van der Waals surface area contributed by atoms with Crippen LogP contribution in [0.1, 0.15) is 25.0 Å². The van der Waals surface area contributed by atoms with E-state index in [0.29, 0.717) is 25.8 Å². The molecule has 126 valence electrons. The molecule has 24 heavy (non-hydrogen) atoms. The fourth-order valence-corrected chi connectivity index (χ4v) is 3.43. The summed E-state index contributed by atoms with van der Waals surface area (Å²) in [6.07, 6.45) is 5.58. The van der Waals surface area contributed by atoms with Gasteiger partial charge in [-0.05, 0) is 37.3 Å². The lowest BCUT2D eigenvalue weighted by atomic mass is 9.88. The Morgan fingerprint density at radius 2 is 2.00 bits per heavy atom. The molecule has 3 rings (SSSR count). The number of amides is 2. The molecule has 0 saturated carbocycles. The van der Waals surface area contributed by atoms with E-state index < -0.39 is 0 Å². The van der Waals surface area contributed by atoms with E-state index in [9.17, 15) is 9.59 Å². The van der Waals surface area contributed by atoms with Gasteiger partial charge < -0.3 is 15.6 Å². The molecule has 0 unspecified atom stereocenters. The second-order valence-corrected chi connectivity index (χ2v) is 6.37. The molecule has 1 heterocycles. The van der Waals surface area contributed by atoms with Gasteiger partial charge in [-0.15, -0.1) is 0 Å². The maximum atomic E-state index is 12.3. The predicted octanol–water partition coefficient (Wildman–Crippen LogP) is 2.28. The van der Waals surface area contributed by atoms with Crippen LogP contribution in [-0.4, -0.2) is 22.4 Å². The Morgan fingerprint density at radius 3 is 2.79 bits per heavy atom. The van der Waals surface area contributed by atoms with Crippen LogP contribution in [0.2, 0.25) is 0 Å². The van der Waals surface area contributed by atoms with E-state index in [1.165, 1.54) is 5.39 Å². The average molecular weight is 325 g/mol. The van der Waals surface area contributed by atoms with E-state index in [4.69, 9.17) is 5.73 Å². The first-order valence-electron chi connectivity index (χ1n) is 8.35. The number of benzene rings is 1. The number of aromatic nitrogens is 1. The fraction of sp³-hybridized carbons (Fsp3) is 0.368. The largest absolute Gasteiger partial charge is 0.369 e. The molecular formula is C19H23N3O2. The van der Waals surface area contributed by atoms with Crippen LogP contribution in [0.15, 0.2) is 42.5 Å². The molecule has 5 nitrogen and oxygen atoms in total. The number of primary amides is 1. The van der Waals surface area contributed by atoms with Gasteiger partial charge in [0.15, 0.2) is 0 Å². The summed E-state index contributed by atoms with van der Waals surface area (Å²) in [7, 11) is 0. The number of allylic oxidation sites excluding steroid dienone is 1. The van der Waals surface area contributed by atoms with Crippen molar-refractivity contribution >= 4 is 22.7 Å². The van der Waals surface area contributed by atoms with Gasteiger partial charge >= 0.3 is 0 Å². The maximum absolute atomic E-state index is 12.3. The molecule has 0 bridgehead atoms. The predicted molar refractivity (Wildman–Crippen MR) is 94.3 cm³/mol. The summed E-state index contributed by atoms with van der Waals surface area (Å²) in [6, 6.07) is 10.1. The third kappa shape index (κ3) is 3.35. The summed E-state index contributed by atoms with van der Waals surface area (Å²) >= 11 is 0. The van der Waals surface area contributed by atoms with Crippen LogP contribution in [0, 0.1) is 12.8 Å². The molecule has 2 amide bonds. The number of para-hydroxylation sites is 1. The van der Waals surface area contributed by atoms with Crippen molar-refractivity contribution < 1.29 is 9.59 Å². The van der Waals surface area contributed by atoms with Crippen molar-refractivity contribution in [3.05, 3.63) is 48.2 Å². The average Bonchev–Trinajstić information content (AvgIpc) is 2.88. The zero-order valence-corrected chi connectivity index (χ0v) is 13.9. The molecule has 0 radical (unpaired) electrons. The Morgan fingerprint density at radius 1 is 1.25 bits per heavy atom. The van der Waals surface area contributed by atoms with E-state index in [0.717, 1.165) is 11.2 Å². The van der Waals surface area contributed by atoms with Gasteiger partial charge in [0.25, 0.3) is 0 Å². The molecule has 0 aliphatic heterocycles. The SMILES string of the molecule is Cc1cc2ccccc2n1CCC(=O)N[C@@H]1CC=CC[C@@H]1C(N)=O. The minimum Gasteiger partial charge on any atom is -0.369 e. The van der Waals surface area contributed by atoms with Crippen LogP contribution < -0.4 is 11.1 Å². The van der Waals surface area contributed by atoms with E-state index in [2.05, 4.69) is 28.1 Å². The second-order valence-electron chi connectivity index (χ2n) is 6.37. The van der Waals surface area contributed by atoms with E-state index in [1.807, 2.05) is 31.2 Å². The Balaban J connectivity index is 1.64. The van der Waals surface area contributed by atoms with Gasteiger partial charge in [0.2, 0.25) is 11.8 Å². The Labute approximate surface area is 141 Å². The van der Waals surface area contributed by atoms with E-state index in [1.54, 1.807) is 0 Å². The highest BCUT2D eigenvalue weighted by atomic mass is 16.2. The standard InChI is InChI=1S/C19H23N3O2/c1-13-12-14-6-2-5-9-17(14)22(13)11-10-18(23)21-16-8-4-3-7-15(16)19(20)24/h2-6,9,12,15-16H,7-8,10-11H2,1H3,(H2,20,24)(H,21,23)/t15-,16+/m0/s1. The summed E-state index contributed by atoms with van der Waals surface area (Å²) in [6.45, 7) is 2.67. The number of nitrogens with zero attached hydrogens (tertiary/aromatic N) is 1. The van der Waals surface area contributed by atoms with Crippen LogP contribution in [0.4, 0.5) is 0 Å². The molecule has 1 aromatic heterocycles. The molecule has 2 aromatic rings. The van der Waals surface area contributed by atoms with Crippen LogP contribution in [-0.2, 0) is 16.1 Å².